The van der Waals surface area contributed by atoms with Gasteiger partial charge in [0.05, 0.1) is 17.9 Å². The number of urea groups is 1. The number of rotatable bonds is 5. The first-order chi connectivity index (χ1) is 9.02. The zero-order valence-corrected chi connectivity index (χ0v) is 11.4. The molecule has 1 rings (SSSR count). The summed E-state index contributed by atoms with van der Waals surface area (Å²) in [4.78, 5) is 23.2. The molecule has 3 amide bonds. The minimum atomic E-state index is -0.301. The smallest absolute Gasteiger partial charge is 0.319 e. The van der Waals surface area contributed by atoms with E-state index in [1.807, 2.05) is 13.8 Å². The fraction of sp³-hybridized carbons (Fsp3) is 0.385. The van der Waals surface area contributed by atoms with Crippen molar-refractivity contribution in [1.82, 2.24) is 10.6 Å². The van der Waals surface area contributed by atoms with Crippen LogP contribution >= 0.6 is 0 Å². The number of hydrogen-bond acceptors (Lipinski definition) is 3. The lowest BCUT2D eigenvalue weighted by Crippen LogP contribution is -2.34. The first kappa shape index (κ1) is 15.0. The number of hydrogen-bond donors (Lipinski definition) is 4. The van der Waals surface area contributed by atoms with Crippen molar-refractivity contribution >= 4 is 23.3 Å². The molecule has 104 valence electrons. The van der Waals surface area contributed by atoms with Crippen molar-refractivity contribution in [2.45, 2.75) is 19.9 Å². The lowest BCUT2D eigenvalue weighted by Gasteiger charge is -2.14. The SMILES string of the molecule is CNCC(=O)Nc1ccccc1NC(=O)NC(C)C. The van der Waals surface area contributed by atoms with Gasteiger partial charge in [0.25, 0.3) is 0 Å². The molecule has 1 aromatic rings. The Kier molecular flexibility index (Phi) is 5.81. The van der Waals surface area contributed by atoms with Crippen molar-refractivity contribution in [3.05, 3.63) is 24.3 Å². The van der Waals surface area contributed by atoms with Gasteiger partial charge in [0.2, 0.25) is 5.91 Å². The van der Waals surface area contributed by atoms with E-state index in [-0.39, 0.29) is 24.5 Å². The second kappa shape index (κ2) is 7.38. The van der Waals surface area contributed by atoms with Gasteiger partial charge in [0.1, 0.15) is 0 Å². The topological polar surface area (TPSA) is 82.3 Å². The molecule has 0 aliphatic rings. The fourth-order valence-corrected chi connectivity index (χ4v) is 1.48. The Labute approximate surface area is 113 Å². The summed E-state index contributed by atoms with van der Waals surface area (Å²) in [5.41, 5.74) is 1.13. The van der Waals surface area contributed by atoms with E-state index in [0.29, 0.717) is 11.4 Å². The van der Waals surface area contributed by atoms with Crippen LogP contribution in [0.3, 0.4) is 0 Å². The number of carbonyl (C=O) groups is 2. The van der Waals surface area contributed by atoms with E-state index in [1.165, 1.54) is 0 Å². The monoisotopic (exact) mass is 264 g/mol. The zero-order valence-electron chi connectivity index (χ0n) is 11.4. The second-order valence-electron chi connectivity index (χ2n) is 4.38. The van der Waals surface area contributed by atoms with Gasteiger partial charge in [-0.25, -0.2) is 4.79 Å². The van der Waals surface area contributed by atoms with Crippen LogP contribution in [-0.2, 0) is 4.79 Å². The third-order valence-electron chi connectivity index (χ3n) is 2.21. The van der Waals surface area contributed by atoms with Crippen molar-refractivity contribution in [3.8, 4) is 0 Å². The summed E-state index contributed by atoms with van der Waals surface area (Å²) >= 11 is 0. The third-order valence-corrected chi connectivity index (χ3v) is 2.21. The number of amides is 3. The highest BCUT2D eigenvalue weighted by atomic mass is 16.2. The number of likely N-dealkylation sites (N-methyl/N-ethyl adjacent to an activating group) is 1. The van der Waals surface area contributed by atoms with Crippen LogP contribution in [0, 0.1) is 0 Å². The van der Waals surface area contributed by atoms with Gasteiger partial charge in [-0.05, 0) is 33.0 Å². The number of benzene rings is 1. The van der Waals surface area contributed by atoms with E-state index in [0.717, 1.165) is 0 Å². The van der Waals surface area contributed by atoms with Crippen molar-refractivity contribution < 1.29 is 9.59 Å². The quantitative estimate of drug-likeness (QED) is 0.648. The highest BCUT2D eigenvalue weighted by Crippen LogP contribution is 2.20. The molecule has 6 heteroatoms. The van der Waals surface area contributed by atoms with Gasteiger partial charge in [0, 0.05) is 6.04 Å². The fourth-order valence-electron chi connectivity index (χ4n) is 1.48. The first-order valence-corrected chi connectivity index (χ1v) is 6.14. The van der Waals surface area contributed by atoms with Crippen molar-refractivity contribution in [2.24, 2.45) is 0 Å². The maximum absolute atomic E-state index is 11.6. The van der Waals surface area contributed by atoms with Gasteiger partial charge >= 0.3 is 6.03 Å². The van der Waals surface area contributed by atoms with Gasteiger partial charge < -0.3 is 21.3 Å². The minimum absolute atomic E-state index is 0.0473. The zero-order chi connectivity index (χ0) is 14.3. The number of para-hydroxylation sites is 2. The summed E-state index contributed by atoms with van der Waals surface area (Å²) in [5, 5.41) is 10.9. The van der Waals surface area contributed by atoms with Crippen LogP contribution in [0.4, 0.5) is 16.2 Å². The third kappa shape index (κ3) is 5.39. The van der Waals surface area contributed by atoms with Gasteiger partial charge in [-0.3, -0.25) is 4.79 Å². The standard InChI is InChI=1S/C13H20N4O2/c1-9(2)15-13(19)17-11-7-5-4-6-10(11)16-12(18)8-14-3/h4-7,9,14H,8H2,1-3H3,(H,16,18)(H2,15,17,19). The minimum Gasteiger partial charge on any atom is -0.336 e. The Morgan fingerprint density at radius 2 is 1.68 bits per heavy atom. The lowest BCUT2D eigenvalue weighted by molar-refractivity contribution is -0.115. The molecule has 0 spiro atoms. The Balaban J connectivity index is 2.72. The average Bonchev–Trinajstić information content (AvgIpc) is 2.30. The normalized spacial score (nSPS) is 10.1. The molecular formula is C13H20N4O2. The Hall–Kier alpha value is -2.08. The predicted octanol–water partition coefficient (Wildman–Crippen LogP) is 1.37. The number of carbonyl (C=O) groups excluding carboxylic acids is 2. The summed E-state index contributed by atoms with van der Waals surface area (Å²) in [6, 6.07) is 6.79. The van der Waals surface area contributed by atoms with Crippen molar-refractivity contribution in [3.63, 3.8) is 0 Å². The lowest BCUT2D eigenvalue weighted by atomic mass is 10.2. The molecule has 19 heavy (non-hydrogen) atoms. The summed E-state index contributed by atoms with van der Waals surface area (Å²) in [5.74, 6) is -0.166. The summed E-state index contributed by atoms with van der Waals surface area (Å²) < 4.78 is 0. The summed E-state index contributed by atoms with van der Waals surface area (Å²) in [6.45, 7) is 3.97. The van der Waals surface area contributed by atoms with Gasteiger partial charge in [-0.2, -0.15) is 0 Å². The van der Waals surface area contributed by atoms with Gasteiger partial charge in [0.15, 0.2) is 0 Å². The van der Waals surface area contributed by atoms with E-state index < -0.39 is 0 Å². The summed E-state index contributed by atoms with van der Waals surface area (Å²) in [6.07, 6.45) is 0. The maximum Gasteiger partial charge on any atom is 0.319 e. The van der Waals surface area contributed by atoms with Crippen molar-refractivity contribution in [2.75, 3.05) is 24.2 Å². The molecule has 0 saturated heterocycles. The van der Waals surface area contributed by atoms with E-state index in [2.05, 4.69) is 21.3 Å². The van der Waals surface area contributed by atoms with E-state index in [9.17, 15) is 9.59 Å². The molecule has 0 aliphatic carbocycles. The Morgan fingerprint density at radius 3 is 2.21 bits per heavy atom. The molecule has 0 atom stereocenters. The van der Waals surface area contributed by atoms with Gasteiger partial charge in [-0.15, -0.1) is 0 Å². The molecule has 0 bridgehead atoms. The van der Waals surface area contributed by atoms with Crippen molar-refractivity contribution in [1.29, 1.82) is 0 Å². The average molecular weight is 264 g/mol. The molecule has 0 unspecified atom stereocenters. The van der Waals surface area contributed by atoms with Crippen LogP contribution in [-0.4, -0.2) is 31.6 Å². The molecular weight excluding hydrogens is 244 g/mol. The number of anilines is 2. The second-order valence-corrected chi connectivity index (χ2v) is 4.38. The molecule has 0 fully saturated rings. The van der Waals surface area contributed by atoms with E-state index in [4.69, 9.17) is 0 Å². The molecule has 0 aromatic heterocycles. The van der Waals surface area contributed by atoms with Crippen LogP contribution in [0.25, 0.3) is 0 Å². The van der Waals surface area contributed by atoms with E-state index in [1.54, 1.807) is 31.3 Å². The first-order valence-electron chi connectivity index (χ1n) is 6.14. The Morgan fingerprint density at radius 1 is 1.11 bits per heavy atom. The highest BCUT2D eigenvalue weighted by Gasteiger charge is 2.09. The predicted molar refractivity (Wildman–Crippen MR) is 76.3 cm³/mol. The largest absolute Gasteiger partial charge is 0.336 e. The molecule has 0 radical (unpaired) electrons. The molecule has 0 aliphatic heterocycles. The number of nitrogens with one attached hydrogen (secondary N) is 4. The van der Waals surface area contributed by atoms with Crippen LogP contribution in [0.2, 0.25) is 0 Å². The van der Waals surface area contributed by atoms with Gasteiger partial charge in [-0.1, -0.05) is 12.1 Å². The van der Waals surface area contributed by atoms with Crippen LogP contribution in [0.15, 0.2) is 24.3 Å². The molecule has 0 saturated carbocycles. The van der Waals surface area contributed by atoms with Crippen LogP contribution in [0.5, 0.6) is 0 Å². The molecule has 1 aromatic carbocycles. The van der Waals surface area contributed by atoms with Crippen LogP contribution in [0.1, 0.15) is 13.8 Å². The molecule has 6 nitrogen and oxygen atoms in total. The molecule has 0 heterocycles. The summed E-state index contributed by atoms with van der Waals surface area (Å²) in [7, 11) is 1.69. The van der Waals surface area contributed by atoms with E-state index >= 15 is 0 Å². The van der Waals surface area contributed by atoms with Crippen LogP contribution < -0.4 is 21.3 Å². The molecule has 4 N–H and O–H groups in total. The highest BCUT2D eigenvalue weighted by molar-refractivity contribution is 5.99. The maximum atomic E-state index is 11.6. The Bertz CT molecular complexity index is 446.